The molecule has 0 aromatic heterocycles. The molecule has 2 atom stereocenters. The average molecular weight is 534 g/mol. The van der Waals surface area contributed by atoms with E-state index in [-0.39, 0.29) is 17.9 Å². The normalized spacial score (nSPS) is 16.4. The molecule has 8 heteroatoms. The molecule has 1 saturated carbocycles. The first-order valence-corrected chi connectivity index (χ1v) is 15.0. The molecule has 0 heterocycles. The van der Waals surface area contributed by atoms with Crippen LogP contribution in [0.2, 0.25) is 0 Å². The Bertz CT molecular complexity index is 879. The van der Waals surface area contributed by atoms with Crippen molar-refractivity contribution in [3.63, 3.8) is 0 Å². The number of carbonyl (C=O) groups is 3. The van der Waals surface area contributed by atoms with Gasteiger partial charge in [-0.2, -0.15) is 11.8 Å². The van der Waals surface area contributed by atoms with E-state index in [1.807, 2.05) is 57.4 Å². The molecular formula is C29H47N3O4S. The van der Waals surface area contributed by atoms with E-state index in [0.717, 1.165) is 31.2 Å². The van der Waals surface area contributed by atoms with Gasteiger partial charge < -0.3 is 20.3 Å². The maximum absolute atomic E-state index is 14.3. The Hall–Kier alpha value is -2.22. The summed E-state index contributed by atoms with van der Waals surface area (Å²) in [5.74, 6) is 0.227. The monoisotopic (exact) mass is 533 g/mol. The topological polar surface area (TPSA) is 87.7 Å². The molecule has 2 unspecified atom stereocenters. The van der Waals surface area contributed by atoms with Gasteiger partial charge in [0.15, 0.2) is 0 Å². The molecule has 0 bridgehead atoms. The molecule has 2 N–H and O–H groups in total. The van der Waals surface area contributed by atoms with Crippen molar-refractivity contribution in [2.24, 2.45) is 0 Å². The average Bonchev–Trinajstić information content (AvgIpc) is 2.84. The van der Waals surface area contributed by atoms with E-state index in [4.69, 9.17) is 4.74 Å². The fourth-order valence-electron chi connectivity index (χ4n) is 4.64. The van der Waals surface area contributed by atoms with Gasteiger partial charge in [0.25, 0.3) is 0 Å². The van der Waals surface area contributed by atoms with Crippen molar-refractivity contribution in [3.8, 4) is 0 Å². The summed E-state index contributed by atoms with van der Waals surface area (Å²) in [6.07, 6.45) is 7.69. The molecule has 1 fully saturated rings. The van der Waals surface area contributed by atoms with Crippen LogP contribution in [0, 0.1) is 0 Å². The second-order valence-electron chi connectivity index (χ2n) is 11.5. The zero-order valence-electron chi connectivity index (χ0n) is 23.8. The SMILES string of the molecule is CCC(C)(C)N(C(=O)C(CCSC)NC(=O)OC(C)(C)C)C(C(=O)NC1CCCCC1)c1ccccc1. The molecule has 2 rings (SSSR count). The minimum absolute atomic E-state index is 0.112. The minimum atomic E-state index is -0.818. The number of benzene rings is 1. The minimum Gasteiger partial charge on any atom is -0.444 e. The van der Waals surface area contributed by atoms with Crippen LogP contribution in [-0.2, 0) is 14.3 Å². The predicted molar refractivity (Wildman–Crippen MR) is 152 cm³/mol. The fourth-order valence-corrected chi connectivity index (χ4v) is 5.11. The Morgan fingerprint density at radius 1 is 1.05 bits per heavy atom. The number of ether oxygens (including phenoxy) is 1. The van der Waals surface area contributed by atoms with Crippen molar-refractivity contribution >= 4 is 29.7 Å². The third kappa shape index (κ3) is 9.55. The number of hydrogen-bond acceptors (Lipinski definition) is 5. The van der Waals surface area contributed by atoms with Gasteiger partial charge in [-0.25, -0.2) is 4.79 Å². The quantitative estimate of drug-likeness (QED) is 0.373. The van der Waals surface area contributed by atoms with Gasteiger partial charge in [-0.3, -0.25) is 9.59 Å². The number of nitrogens with zero attached hydrogens (tertiary/aromatic N) is 1. The number of amides is 3. The van der Waals surface area contributed by atoms with Crippen LogP contribution in [0.5, 0.6) is 0 Å². The van der Waals surface area contributed by atoms with Gasteiger partial charge in [-0.15, -0.1) is 0 Å². The first kappa shape index (κ1) is 31.0. The molecule has 1 aliphatic carbocycles. The zero-order chi connectivity index (χ0) is 27.6. The van der Waals surface area contributed by atoms with E-state index >= 15 is 0 Å². The largest absolute Gasteiger partial charge is 0.444 e. The van der Waals surface area contributed by atoms with Crippen molar-refractivity contribution in [3.05, 3.63) is 35.9 Å². The third-order valence-corrected chi connectivity index (χ3v) is 7.57. The Morgan fingerprint density at radius 3 is 2.22 bits per heavy atom. The van der Waals surface area contributed by atoms with Gasteiger partial charge in [-0.05, 0) is 77.9 Å². The Balaban J connectivity index is 2.49. The van der Waals surface area contributed by atoms with E-state index in [1.54, 1.807) is 37.4 Å². The molecule has 3 amide bonds. The molecule has 1 aliphatic rings. The second-order valence-corrected chi connectivity index (χ2v) is 12.5. The number of thioether (sulfide) groups is 1. The number of nitrogens with one attached hydrogen (secondary N) is 2. The highest BCUT2D eigenvalue weighted by molar-refractivity contribution is 7.98. The van der Waals surface area contributed by atoms with E-state index in [1.165, 1.54) is 6.42 Å². The van der Waals surface area contributed by atoms with Crippen LogP contribution >= 0.6 is 11.8 Å². The van der Waals surface area contributed by atoms with Crippen molar-refractivity contribution in [1.82, 2.24) is 15.5 Å². The van der Waals surface area contributed by atoms with E-state index in [9.17, 15) is 14.4 Å². The lowest BCUT2D eigenvalue weighted by Crippen LogP contribution is -2.60. The molecule has 1 aromatic rings. The summed E-state index contributed by atoms with van der Waals surface area (Å²) in [5.41, 5.74) is -0.577. The van der Waals surface area contributed by atoms with Gasteiger partial charge >= 0.3 is 6.09 Å². The Kier molecular flexibility index (Phi) is 11.8. The highest BCUT2D eigenvalue weighted by Gasteiger charge is 2.43. The summed E-state index contributed by atoms with van der Waals surface area (Å²) in [6, 6.07) is 7.96. The molecule has 208 valence electrons. The summed E-state index contributed by atoms with van der Waals surface area (Å²) in [5, 5.41) is 6.07. The smallest absolute Gasteiger partial charge is 0.408 e. The van der Waals surface area contributed by atoms with Gasteiger partial charge in [0.05, 0.1) is 0 Å². The molecule has 37 heavy (non-hydrogen) atoms. The van der Waals surface area contributed by atoms with Crippen LogP contribution in [0.25, 0.3) is 0 Å². The van der Waals surface area contributed by atoms with E-state index in [2.05, 4.69) is 10.6 Å². The van der Waals surface area contributed by atoms with Crippen molar-refractivity contribution in [2.75, 3.05) is 12.0 Å². The van der Waals surface area contributed by atoms with Crippen molar-refractivity contribution in [1.29, 1.82) is 0 Å². The van der Waals surface area contributed by atoms with Crippen molar-refractivity contribution < 1.29 is 19.1 Å². The van der Waals surface area contributed by atoms with Crippen LogP contribution in [0.3, 0.4) is 0 Å². The van der Waals surface area contributed by atoms with Crippen LogP contribution in [0.1, 0.15) is 98.1 Å². The standard InChI is InChI=1S/C29H47N3O4S/c1-8-29(5,6)32(26(34)23(19-20-37-7)31-27(35)36-28(2,3)4)24(21-15-11-9-12-16-21)25(33)30-22-17-13-10-14-18-22/h9,11-12,15-16,22-24H,8,10,13-14,17-20H2,1-7H3,(H,30,33)(H,31,35). The maximum atomic E-state index is 14.3. The van der Waals surface area contributed by atoms with Crippen LogP contribution in [0.4, 0.5) is 4.79 Å². The summed E-state index contributed by atoms with van der Waals surface area (Å²) in [4.78, 5) is 42.7. The van der Waals surface area contributed by atoms with Crippen LogP contribution in [-0.4, -0.2) is 58.0 Å². The highest BCUT2D eigenvalue weighted by Crippen LogP contribution is 2.33. The Labute approximate surface area is 227 Å². The number of rotatable bonds is 11. The molecule has 1 aromatic carbocycles. The number of carbonyl (C=O) groups excluding carboxylic acids is 3. The van der Waals surface area contributed by atoms with E-state index in [0.29, 0.717) is 18.6 Å². The van der Waals surface area contributed by atoms with Gasteiger partial charge in [-0.1, -0.05) is 56.5 Å². The lowest BCUT2D eigenvalue weighted by atomic mass is 9.90. The molecule has 0 spiro atoms. The first-order valence-electron chi connectivity index (χ1n) is 13.6. The highest BCUT2D eigenvalue weighted by atomic mass is 32.2. The molecule has 0 aliphatic heterocycles. The predicted octanol–water partition coefficient (Wildman–Crippen LogP) is 5.84. The molecule has 7 nitrogen and oxygen atoms in total. The summed E-state index contributed by atoms with van der Waals surface area (Å²) in [7, 11) is 0. The lowest BCUT2D eigenvalue weighted by molar-refractivity contribution is -0.149. The molecular weight excluding hydrogens is 486 g/mol. The fraction of sp³-hybridized carbons (Fsp3) is 0.690. The first-order chi connectivity index (χ1) is 17.4. The number of hydrogen-bond donors (Lipinski definition) is 2. The summed E-state index contributed by atoms with van der Waals surface area (Å²) >= 11 is 1.60. The van der Waals surface area contributed by atoms with Gasteiger partial charge in [0.1, 0.15) is 17.7 Å². The van der Waals surface area contributed by atoms with Crippen LogP contribution < -0.4 is 10.6 Å². The Morgan fingerprint density at radius 2 is 1.68 bits per heavy atom. The second kappa shape index (κ2) is 14.1. The molecule has 0 radical (unpaired) electrons. The lowest BCUT2D eigenvalue weighted by Gasteiger charge is -2.45. The van der Waals surface area contributed by atoms with Crippen molar-refractivity contribution in [2.45, 2.75) is 116 Å². The molecule has 0 saturated heterocycles. The third-order valence-electron chi connectivity index (χ3n) is 6.93. The summed E-state index contributed by atoms with van der Waals surface area (Å²) in [6.45, 7) is 11.3. The zero-order valence-corrected chi connectivity index (χ0v) is 24.6. The van der Waals surface area contributed by atoms with Gasteiger partial charge in [0, 0.05) is 11.6 Å². The van der Waals surface area contributed by atoms with Gasteiger partial charge in [0.2, 0.25) is 11.8 Å². The summed E-state index contributed by atoms with van der Waals surface area (Å²) < 4.78 is 5.48. The van der Waals surface area contributed by atoms with Crippen LogP contribution in [0.15, 0.2) is 30.3 Å². The van der Waals surface area contributed by atoms with E-state index < -0.39 is 29.3 Å². The number of alkyl carbamates (subject to hydrolysis) is 1. The maximum Gasteiger partial charge on any atom is 0.408 e.